The van der Waals surface area contributed by atoms with Crippen molar-refractivity contribution in [3.8, 4) is 34.2 Å². The van der Waals surface area contributed by atoms with Crippen LogP contribution in [0.4, 0.5) is 35.1 Å². The molecule has 5 nitrogen and oxygen atoms in total. The molecule has 31 heavy (non-hydrogen) atoms. The highest BCUT2D eigenvalue weighted by atomic mass is 19.4. The highest BCUT2D eigenvalue weighted by molar-refractivity contribution is 5.77. The van der Waals surface area contributed by atoms with Crippen LogP contribution in [0.25, 0.3) is 22.4 Å². The number of alkyl halides is 8. The van der Waals surface area contributed by atoms with Crippen LogP contribution in [0.5, 0.6) is 5.75 Å². The van der Waals surface area contributed by atoms with Crippen LogP contribution in [0.3, 0.4) is 0 Å². The van der Waals surface area contributed by atoms with Gasteiger partial charge in [-0.2, -0.15) is 40.4 Å². The number of nitrogens with one attached hydrogen (secondary N) is 1. The van der Waals surface area contributed by atoms with Gasteiger partial charge in [0, 0.05) is 5.56 Å². The fourth-order valence-electron chi connectivity index (χ4n) is 2.78. The number of H-pyrrole nitrogens is 1. The predicted octanol–water partition coefficient (Wildman–Crippen LogP) is 5.65. The molecule has 0 aliphatic carbocycles. The highest BCUT2D eigenvalue weighted by Gasteiger charge is 2.37. The summed E-state index contributed by atoms with van der Waals surface area (Å²) in [6.45, 7) is -3.38. The number of nitrogens with zero attached hydrogens (tertiary/aromatic N) is 3. The third-order valence-corrected chi connectivity index (χ3v) is 4.03. The summed E-state index contributed by atoms with van der Waals surface area (Å²) in [5.74, 6) is -0.653. The number of aromatic nitrogens is 3. The summed E-state index contributed by atoms with van der Waals surface area (Å²) in [7, 11) is 0. The Hall–Kier alpha value is -3.69. The Balaban J connectivity index is 2.31. The van der Waals surface area contributed by atoms with Crippen LogP contribution in [0.2, 0.25) is 0 Å². The van der Waals surface area contributed by atoms with Crippen LogP contribution >= 0.6 is 0 Å². The van der Waals surface area contributed by atoms with E-state index in [1.807, 2.05) is 0 Å². The number of rotatable bonds is 4. The fourth-order valence-corrected chi connectivity index (χ4v) is 2.78. The largest absolute Gasteiger partial charge is 0.435 e. The summed E-state index contributed by atoms with van der Waals surface area (Å²) >= 11 is 0. The molecule has 1 heterocycles. The first kappa shape index (κ1) is 22.0. The molecule has 0 aliphatic heterocycles. The van der Waals surface area contributed by atoms with Gasteiger partial charge in [-0.1, -0.05) is 5.21 Å². The van der Waals surface area contributed by atoms with Gasteiger partial charge in [0.05, 0.1) is 11.1 Å². The minimum absolute atomic E-state index is 0.177. The summed E-state index contributed by atoms with van der Waals surface area (Å²) < 4.78 is 109. The Kier molecular flexibility index (Phi) is 5.58. The van der Waals surface area contributed by atoms with Crippen LogP contribution < -0.4 is 4.74 Å². The minimum Gasteiger partial charge on any atom is -0.435 e. The standard InChI is InChI=1S/C18H8F8N4O/c19-16(20)31-11-4-8(3-9(5-11)15-14(7-27)28-30-29-15)12-6-10(17(21,22)23)1-2-13(12)18(24,25)26/h1-6,16H,(H,28,29,30). The SMILES string of the molecule is N#Cc1[nH]nnc1-c1cc(OC(F)F)cc(-c2cc(C(F)(F)F)ccc2C(F)(F)F)c1. The zero-order valence-corrected chi connectivity index (χ0v) is 14.8. The predicted molar refractivity (Wildman–Crippen MR) is 88.6 cm³/mol. The number of hydrogen-bond donors (Lipinski definition) is 1. The topological polar surface area (TPSA) is 74.6 Å². The van der Waals surface area contributed by atoms with Crippen LogP contribution in [-0.4, -0.2) is 22.0 Å². The van der Waals surface area contributed by atoms with Crippen LogP contribution in [0, 0.1) is 11.3 Å². The van der Waals surface area contributed by atoms with E-state index in [1.165, 1.54) is 0 Å². The first-order chi connectivity index (χ1) is 14.4. The number of nitriles is 1. The smallest absolute Gasteiger partial charge is 0.417 e. The molecule has 0 amide bonds. The zero-order chi connectivity index (χ0) is 23.0. The fraction of sp³-hybridized carbons (Fsp3) is 0.167. The third kappa shape index (κ3) is 4.73. The van der Waals surface area contributed by atoms with Crippen molar-refractivity contribution in [2.75, 3.05) is 0 Å². The van der Waals surface area contributed by atoms with Crippen LogP contribution in [-0.2, 0) is 12.4 Å². The summed E-state index contributed by atoms with van der Waals surface area (Å²) in [5.41, 5.74) is -4.89. The summed E-state index contributed by atoms with van der Waals surface area (Å²) in [6.07, 6.45) is -10.0. The molecule has 0 saturated heterocycles. The van der Waals surface area contributed by atoms with Gasteiger partial charge in [-0.3, -0.25) is 0 Å². The number of halogens is 8. The maximum Gasteiger partial charge on any atom is 0.417 e. The Morgan fingerprint density at radius 1 is 0.935 bits per heavy atom. The van der Waals surface area contributed by atoms with E-state index < -0.39 is 47.0 Å². The second-order valence-electron chi connectivity index (χ2n) is 6.03. The van der Waals surface area contributed by atoms with Crippen molar-refractivity contribution >= 4 is 0 Å². The van der Waals surface area contributed by atoms with Gasteiger partial charge in [0.2, 0.25) is 0 Å². The lowest BCUT2D eigenvalue weighted by molar-refractivity contribution is -0.141. The lowest BCUT2D eigenvalue weighted by atomic mass is 9.94. The minimum atomic E-state index is -5.05. The molecule has 0 radical (unpaired) electrons. The van der Waals surface area contributed by atoms with Crippen molar-refractivity contribution in [3.05, 3.63) is 53.2 Å². The Morgan fingerprint density at radius 2 is 1.61 bits per heavy atom. The number of hydrogen-bond acceptors (Lipinski definition) is 4. The normalized spacial score (nSPS) is 12.1. The number of ether oxygens (including phenoxy) is 1. The quantitative estimate of drug-likeness (QED) is 0.524. The number of aromatic amines is 1. The lowest BCUT2D eigenvalue weighted by Gasteiger charge is -2.17. The van der Waals surface area contributed by atoms with E-state index in [2.05, 4.69) is 20.1 Å². The molecule has 0 spiro atoms. The monoisotopic (exact) mass is 448 g/mol. The highest BCUT2D eigenvalue weighted by Crippen LogP contribution is 2.42. The molecule has 3 aromatic rings. The first-order valence-corrected chi connectivity index (χ1v) is 8.10. The van der Waals surface area contributed by atoms with Crippen molar-refractivity contribution in [1.82, 2.24) is 15.4 Å². The maximum absolute atomic E-state index is 13.5. The molecule has 0 saturated carbocycles. The molecular formula is C18H8F8N4O. The molecule has 0 atom stereocenters. The third-order valence-electron chi connectivity index (χ3n) is 4.03. The van der Waals surface area contributed by atoms with Gasteiger partial charge < -0.3 is 4.74 Å². The second-order valence-corrected chi connectivity index (χ2v) is 6.03. The molecule has 3 rings (SSSR count). The van der Waals surface area contributed by atoms with E-state index in [0.29, 0.717) is 0 Å². The molecule has 0 bridgehead atoms. The number of benzene rings is 2. The molecule has 2 aromatic carbocycles. The lowest BCUT2D eigenvalue weighted by Crippen LogP contribution is -2.11. The van der Waals surface area contributed by atoms with E-state index in [-0.39, 0.29) is 35.2 Å². The molecule has 1 N–H and O–H groups in total. The first-order valence-electron chi connectivity index (χ1n) is 8.10. The molecule has 0 fully saturated rings. The Bertz CT molecular complexity index is 1140. The van der Waals surface area contributed by atoms with Gasteiger partial charge in [-0.05, 0) is 47.5 Å². The average Bonchev–Trinajstić information content (AvgIpc) is 3.14. The van der Waals surface area contributed by atoms with Gasteiger partial charge in [0.25, 0.3) is 0 Å². The summed E-state index contributed by atoms with van der Waals surface area (Å²) in [5, 5.41) is 18.2. The van der Waals surface area contributed by atoms with Crippen molar-refractivity contribution in [1.29, 1.82) is 5.26 Å². The molecule has 0 unspecified atom stereocenters. The van der Waals surface area contributed by atoms with E-state index >= 15 is 0 Å². The van der Waals surface area contributed by atoms with Gasteiger partial charge in [-0.15, -0.1) is 5.10 Å². The van der Waals surface area contributed by atoms with Crippen molar-refractivity contribution < 1.29 is 39.9 Å². The van der Waals surface area contributed by atoms with E-state index in [9.17, 15) is 35.1 Å². The van der Waals surface area contributed by atoms with Gasteiger partial charge >= 0.3 is 19.0 Å². The van der Waals surface area contributed by atoms with Gasteiger partial charge in [0.15, 0.2) is 5.69 Å². The molecular weight excluding hydrogens is 440 g/mol. The van der Waals surface area contributed by atoms with Crippen molar-refractivity contribution in [3.63, 3.8) is 0 Å². The Labute approximate surface area is 167 Å². The van der Waals surface area contributed by atoms with Crippen molar-refractivity contribution in [2.45, 2.75) is 19.0 Å². The van der Waals surface area contributed by atoms with E-state index in [4.69, 9.17) is 5.26 Å². The van der Waals surface area contributed by atoms with Gasteiger partial charge in [0.1, 0.15) is 17.5 Å². The molecule has 13 heteroatoms. The zero-order valence-electron chi connectivity index (χ0n) is 14.8. The summed E-state index contributed by atoms with van der Waals surface area (Å²) in [4.78, 5) is 0. The van der Waals surface area contributed by atoms with Gasteiger partial charge in [-0.25, -0.2) is 5.10 Å². The van der Waals surface area contributed by atoms with Crippen molar-refractivity contribution in [2.24, 2.45) is 0 Å². The summed E-state index contributed by atoms with van der Waals surface area (Å²) in [6, 6.07) is 5.05. The second kappa shape index (κ2) is 7.86. The molecule has 162 valence electrons. The van der Waals surface area contributed by atoms with Crippen LogP contribution in [0.1, 0.15) is 16.8 Å². The molecule has 0 aliphatic rings. The van der Waals surface area contributed by atoms with E-state index in [0.717, 1.165) is 18.2 Å². The maximum atomic E-state index is 13.5. The van der Waals surface area contributed by atoms with Crippen LogP contribution in [0.15, 0.2) is 36.4 Å². The van der Waals surface area contributed by atoms with E-state index in [1.54, 1.807) is 6.07 Å². The average molecular weight is 448 g/mol. The molecule has 1 aromatic heterocycles. The Morgan fingerprint density at radius 3 is 2.19 bits per heavy atom.